The van der Waals surface area contributed by atoms with Crippen molar-refractivity contribution in [3.8, 4) is 0 Å². The first-order valence-corrected chi connectivity index (χ1v) is 6.58. The van der Waals surface area contributed by atoms with E-state index in [1.165, 1.54) is 44.9 Å². The molecule has 90 valence electrons. The Morgan fingerprint density at radius 3 is 2.27 bits per heavy atom. The minimum atomic E-state index is 0.726. The number of hydrogen-bond donors (Lipinski definition) is 1. The molecule has 1 N–H and O–H groups in total. The topological polar surface area (TPSA) is 12.0 Å². The van der Waals surface area contributed by atoms with Gasteiger partial charge >= 0.3 is 0 Å². The van der Waals surface area contributed by atoms with Gasteiger partial charge in [0, 0.05) is 6.04 Å². The van der Waals surface area contributed by atoms with Crippen LogP contribution in [-0.2, 0) is 0 Å². The van der Waals surface area contributed by atoms with Crippen molar-refractivity contribution in [2.24, 2.45) is 5.92 Å². The van der Waals surface area contributed by atoms with Gasteiger partial charge in [-0.05, 0) is 32.2 Å². The Morgan fingerprint density at radius 1 is 1.13 bits per heavy atom. The van der Waals surface area contributed by atoms with Crippen molar-refractivity contribution in [3.63, 3.8) is 0 Å². The highest BCUT2D eigenvalue weighted by atomic mass is 14.9. The number of allylic oxidation sites excluding steroid dienone is 1. The summed E-state index contributed by atoms with van der Waals surface area (Å²) in [6, 6.07) is 0.726. The average Bonchev–Trinajstić information content (AvgIpc) is 2.27. The smallest absolute Gasteiger partial charge is 0.00921 e. The second kappa shape index (κ2) is 10.2. The van der Waals surface area contributed by atoms with Crippen molar-refractivity contribution in [1.82, 2.24) is 5.32 Å². The fourth-order valence-corrected chi connectivity index (χ4v) is 2.30. The molecule has 1 nitrogen and oxygen atoms in total. The third-order valence-electron chi connectivity index (χ3n) is 3.41. The molecule has 0 heterocycles. The summed E-state index contributed by atoms with van der Waals surface area (Å²) >= 11 is 0. The molecule has 0 saturated heterocycles. The van der Waals surface area contributed by atoms with Crippen LogP contribution in [0.2, 0.25) is 0 Å². The molecule has 0 rings (SSSR count). The van der Waals surface area contributed by atoms with E-state index in [0.29, 0.717) is 0 Å². The van der Waals surface area contributed by atoms with Crippen LogP contribution in [0.3, 0.4) is 0 Å². The molecule has 1 unspecified atom stereocenters. The lowest BCUT2D eigenvalue weighted by Gasteiger charge is -2.24. The van der Waals surface area contributed by atoms with Crippen molar-refractivity contribution >= 4 is 0 Å². The van der Waals surface area contributed by atoms with E-state index < -0.39 is 0 Å². The van der Waals surface area contributed by atoms with Crippen LogP contribution in [0.15, 0.2) is 12.7 Å². The van der Waals surface area contributed by atoms with Gasteiger partial charge in [0.1, 0.15) is 0 Å². The molecule has 0 aliphatic heterocycles. The first kappa shape index (κ1) is 14.7. The van der Waals surface area contributed by atoms with E-state index in [-0.39, 0.29) is 0 Å². The number of unbranched alkanes of at least 4 members (excludes halogenated alkanes) is 3. The highest BCUT2D eigenvalue weighted by molar-refractivity contribution is 4.73. The van der Waals surface area contributed by atoms with Crippen LogP contribution in [0.25, 0.3) is 0 Å². The SMILES string of the molecule is C=CCCCCCC(NC)C(CC)CC. The quantitative estimate of drug-likeness (QED) is 0.423. The summed E-state index contributed by atoms with van der Waals surface area (Å²) in [5, 5.41) is 3.47. The van der Waals surface area contributed by atoms with Gasteiger partial charge in [-0.15, -0.1) is 6.58 Å². The number of rotatable bonds is 10. The zero-order valence-corrected chi connectivity index (χ0v) is 10.9. The molecule has 0 aromatic heterocycles. The maximum Gasteiger partial charge on any atom is 0.00921 e. The van der Waals surface area contributed by atoms with Gasteiger partial charge in [0.05, 0.1) is 0 Å². The zero-order valence-electron chi connectivity index (χ0n) is 10.9. The van der Waals surface area contributed by atoms with Crippen molar-refractivity contribution in [1.29, 1.82) is 0 Å². The minimum Gasteiger partial charge on any atom is -0.317 e. The third-order valence-corrected chi connectivity index (χ3v) is 3.41. The van der Waals surface area contributed by atoms with Gasteiger partial charge in [-0.3, -0.25) is 0 Å². The summed E-state index contributed by atoms with van der Waals surface area (Å²) in [5.74, 6) is 0.856. The molecule has 1 atom stereocenters. The zero-order chi connectivity index (χ0) is 11.5. The minimum absolute atomic E-state index is 0.726. The van der Waals surface area contributed by atoms with Crippen LogP contribution in [0.4, 0.5) is 0 Å². The summed E-state index contributed by atoms with van der Waals surface area (Å²) < 4.78 is 0. The number of hydrogen-bond acceptors (Lipinski definition) is 1. The molecular formula is C14H29N. The molecule has 0 fully saturated rings. The van der Waals surface area contributed by atoms with Crippen molar-refractivity contribution < 1.29 is 0 Å². The molecule has 1 heteroatoms. The lowest BCUT2D eigenvalue weighted by atomic mass is 9.90. The summed E-state index contributed by atoms with van der Waals surface area (Å²) in [7, 11) is 2.10. The van der Waals surface area contributed by atoms with Crippen molar-refractivity contribution in [2.45, 2.75) is 64.8 Å². The van der Waals surface area contributed by atoms with Gasteiger partial charge in [-0.1, -0.05) is 45.6 Å². The Labute approximate surface area is 96.3 Å². The Hall–Kier alpha value is -0.300. The van der Waals surface area contributed by atoms with Crippen LogP contribution in [0.1, 0.15) is 58.8 Å². The molecule has 0 bridgehead atoms. The first-order chi connectivity index (χ1) is 7.29. The first-order valence-electron chi connectivity index (χ1n) is 6.58. The van der Waals surface area contributed by atoms with Crippen LogP contribution in [0.5, 0.6) is 0 Å². The summed E-state index contributed by atoms with van der Waals surface area (Å²) in [6.45, 7) is 8.36. The van der Waals surface area contributed by atoms with E-state index in [0.717, 1.165) is 12.0 Å². The lowest BCUT2D eigenvalue weighted by molar-refractivity contribution is 0.325. The maximum absolute atomic E-state index is 3.75. The Kier molecular flexibility index (Phi) is 10.0. The van der Waals surface area contributed by atoms with Gasteiger partial charge in [0.2, 0.25) is 0 Å². The standard InChI is InChI=1S/C14H29N/c1-5-8-9-10-11-12-14(15-4)13(6-2)7-3/h5,13-15H,1,6-12H2,2-4H3. The molecule has 0 saturated carbocycles. The van der Waals surface area contributed by atoms with Gasteiger partial charge in [-0.25, -0.2) is 0 Å². The highest BCUT2D eigenvalue weighted by Gasteiger charge is 2.15. The fourth-order valence-electron chi connectivity index (χ4n) is 2.30. The Balaban J connectivity index is 3.64. The summed E-state index contributed by atoms with van der Waals surface area (Å²) in [6.07, 6.45) is 11.2. The third kappa shape index (κ3) is 6.72. The summed E-state index contributed by atoms with van der Waals surface area (Å²) in [4.78, 5) is 0. The second-order valence-corrected chi connectivity index (χ2v) is 4.40. The molecule has 0 aliphatic carbocycles. The predicted octanol–water partition coefficient (Wildman–Crippen LogP) is 4.15. The molecule has 0 spiro atoms. The molecular weight excluding hydrogens is 182 g/mol. The van der Waals surface area contributed by atoms with E-state index in [2.05, 4.69) is 32.8 Å². The van der Waals surface area contributed by atoms with Gasteiger partial charge in [-0.2, -0.15) is 0 Å². The second-order valence-electron chi connectivity index (χ2n) is 4.40. The average molecular weight is 211 g/mol. The van der Waals surface area contributed by atoms with E-state index >= 15 is 0 Å². The Bertz CT molecular complexity index is 138. The van der Waals surface area contributed by atoms with Crippen molar-refractivity contribution in [2.75, 3.05) is 7.05 Å². The molecule has 0 aliphatic rings. The molecule has 0 radical (unpaired) electrons. The normalized spacial score (nSPS) is 13.1. The van der Waals surface area contributed by atoms with E-state index in [1.54, 1.807) is 0 Å². The maximum atomic E-state index is 3.75. The van der Waals surface area contributed by atoms with Crippen LogP contribution in [0, 0.1) is 5.92 Å². The largest absolute Gasteiger partial charge is 0.317 e. The van der Waals surface area contributed by atoms with Crippen LogP contribution < -0.4 is 5.32 Å². The molecule has 0 aromatic rings. The molecule has 0 aromatic carbocycles. The number of nitrogens with one attached hydrogen (secondary N) is 1. The molecule has 15 heavy (non-hydrogen) atoms. The van der Waals surface area contributed by atoms with E-state index in [1.807, 2.05) is 6.08 Å². The lowest BCUT2D eigenvalue weighted by Crippen LogP contribution is -2.32. The van der Waals surface area contributed by atoms with Gasteiger partial charge in [0.25, 0.3) is 0 Å². The van der Waals surface area contributed by atoms with Gasteiger partial charge in [0.15, 0.2) is 0 Å². The van der Waals surface area contributed by atoms with E-state index in [9.17, 15) is 0 Å². The fraction of sp³-hybridized carbons (Fsp3) is 0.857. The van der Waals surface area contributed by atoms with Crippen LogP contribution >= 0.6 is 0 Å². The van der Waals surface area contributed by atoms with Crippen LogP contribution in [-0.4, -0.2) is 13.1 Å². The van der Waals surface area contributed by atoms with Gasteiger partial charge < -0.3 is 5.32 Å². The van der Waals surface area contributed by atoms with Crippen molar-refractivity contribution in [3.05, 3.63) is 12.7 Å². The predicted molar refractivity (Wildman–Crippen MR) is 70.2 cm³/mol. The summed E-state index contributed by atoms with van der Waals surface area (Å²) in [5.41, 5.74) is 0. The Morgan fingerprint density at radius 2 is 1.80 bits per heavy atom. The highest BCUT2D eigenvalue weighted by Crippen LogP contribution is 2.18. The monoisotopic (exact) mass is 211 g/mol. The van der Waals surface area contributed by atoms with E-state index in [4.69, 9.17) is 0 Å². The molecule has 0 amide bonds.